The number of aliphatic carboxylic acids is 1. The van der Waals surface area contributed by atoms with Crippen LogP contribution >= 0.6 is 11.8 Å². The Morgan fingerprint density at radius 2 is 2.15 bits per heavy atom. The standard InChI is InChI=1S/C19H23N3O4S/c1-4-7-17-20-19(22-21-17)27-16(18(23)24)12-13-8-9-14(26-10-5-2)15(11-13)25-6-3/h5,8-9,11-12H,2,4,6-7,10H2,1,3H3,(H,23,24)(H,20,21,22)/b16-12-. The van der Waals surface area contributed by atoms with Crippen molar-refractivity contribution >= 4 is 23.8 Å². The van der Waals surface area contributed by atoms with Gasteiger partial charge in [-0.25, -0.2) is 9.78 Å². The van der Waals surface area contributed by atoms with Crippen LogP contribution in [0.15, 0.2) is 40.9 Å². The smallest absolute Gasteiger partial charge is 0.342 e. The van der Waals surface area contributed by atoms with Crippen molar-refractivity contribution in [1.29, 1.82) is 0 Å². The maximum atomic E-state index is 11.6. The summed E-state index contributed by atoms with van der Waals surface area (Å²) >= 11 is 0.998. The van der Waals surface area contributed by atoms with E-state index >= 15 is 0 Å². The van der Waals surface area contributed by atoms with Gasteiger partial charge < -0.3 is 14.6 Å². The van der Waals surface area contributed by atoms with Crippen LogP contribution in [-0.2, 0) is 11.2 Å². The second-order valence-electron chi connectivity index (χ2n) is 5.47. The Labute approximate surface area is 162 Å². The number of aromatic amines is 1. The van der Waals surface area contributed by atoms with E-state index < -0.39 is 5.97 Å². The van der Waals surface area contributed by atoms with Gasteiger partial charge in [0.25, 0.3) is 0 Å². The maximum Gasteiger partial charge on any atom is 0.342 e. The van der Waals surface area contributed by atoms with Crippen LogP contribution in [0.4, 0.5) is 0 Å². The normalized spacial score (nSPS) is 11.3. The third kappa shape index (κ3) is 6.18. The second kappa shape index (κ2) is 10.4. The molecule has 0 saturated carbocycles. The Kier molecular flexibility index (Phi) is 7.94. The zero-order valence-electron chi connectivity index (χ0n) is 15.4. The first-order valence-corrected chi connectivity index (χ1v) is 9.43. The van der Waals surface area contributed by atoms with E-state index in [0.29, 0.717) is 35.4 Å². The fourth-order valence-electron chi connectivity index (χ4n) is 2.21. The molecule has 2 aromatic rings. The van der Waals surface area contributed by atoms with Crippen molar-refractivity contribution in [3.8, 4) is 11.5 Å². The molecule has 7 nitrogen and oxygen atoms in total. The van der Waals surface area contributed by atoms with Crippen molar-refractivity contribution in [2.45, 2.75) is 31.8 Å². The lowest BCUT2D eigenvalue weighted by Crippen LogP contribution is -2.00. The summed E-state index contributed by atoms with van der Waals surface area (Å²) in [4.78, 5) is 16.0. The highest BCUT2D eigenvalue weighted by molar-refractivity contribution is 8.04. The highest BCUT2D eigenvalue weighted by Gasteiger charge is 2.14. The van der Waals surface area contributed by atoms with Gasteiger partial charge in [-0.2, -0.15) is 0 Å². The Morgan fingerprint density at radius 1 is 1.33 bits per heavy atom. The van der Waals surface area contributed by atoms with Crippen LogP contribution in [0.25, 0.3) is 6.08 Å². The number of hydrogen-bond donors (Lipinski definition) is 2. The molecule has 0 unspecified atom stereocenters. The number of carboxylic acids is 1. The Morgan fingerprint density at radius 3 is 2.81 bits per heavy atom. The first-order chi connectivity index (χ1) is 13.1. The van der Waals surface area contributed by atoms with Crippen molar-refractivity contribution in [2.24, 2.45) is 0 Å². The fourth-order valence-corrected chi connectivity index (χ4v) is 2.93. The third-order valence-corrected chi connectivity index (χ3v) is 4.21. The van der Waals surface area contributed by atoms with Gasteiger partial charge in [-0.3, -0.25) is 5.10 Å². The molecular formula is C19H23N3O4S. The lowest BCUT2D eigenvalue weighted by Gasteiger charge is -2.11. The average molecular weight is 389 g/mol. The maximum absolute atomic E-state index is 11.6. The molecule has 1 aromatic carbocycles. The predicted molar refractivity (Wildman–Crippen MR) is 105 cm³/mol. The van der Waals surface area contributed by atoms with E-state index in [1.54, 1.807) is 30.4 Å². The van der Waals surface area contributed by atoms with E-state index in [1.165, 1.54) is 0 Å². The van der Waals surface area contributed by atoms with Crippen molar-refractivity contribution in [2.75, 3.05) is 13.2 Å². The molecule has 0 fully saturated rings. The zero-order chi connectivity index (χ0) is 19.6. The van der Waals surface area contributed by atoms with E-state index in [0.717, 1.165) is 30.4 Å². The van der Waals surface area contributed by atoms with Crippen LogP contribution in [0.1, 0.15) is 31.7 Å². The molecule has 0 spiro atoms. The Hall–Kier alpha value is -2.74. The molecule has 0 atom stereocenters. The number of rotatable bonds is 11. The van der Waals surface area contributed by atoms with Gasteiger partial charge in [0, 0.05) is 6.42 Å². The number of aryl methyl sites for hydroxylation is 1. The Balaban J connectivity index is 2.26. The summed E-state index contributed by atoms with van der Waals surface area (Å²) in [5, 5.41) is 16.8. The number of ether oxygens (including phenoxy) is 2. The topological polar surface area (TPSA) is 97.3 Å². The quantitative estimate of drug-likeness (QED) is 0.341. The summed E-state index contributed by atoms with van der Waals surface area (Å²) in [7, 11) is 0. The molecular weight excluding hydrogens is 366 g/mol. The van der Waals surface area contributed by atoms with Crippen LogP contribution < -0.4 is 9.47 Å². The number of thioether (sulfide) groups is 1. The molecule has 1 aromatic heterocycles. The van der Waals surface area contributed by atoms with E-state index in [1.807, 2.05) is 13.8 Å². The molecule has 0 saturated heterocycles. The second-order valence-corrected chi connectivity index (χ2v) is 6.48. The summed E-state index contributed by atoms with van der Waals surface area (Å²) in [6.07, 6.45) is 4.90. The molecule has 2 rings (SSSR count). The number of nitrogens with zero attached hydrogens (tertiary/aromatic N) is 2. The van der Waals surface area contributed by atoms with Gasteiger partial charge in [0.1, 0.15) is 17.3 Å². The van der Waals surface area contributed by atoms with Gasteiger partial charge in [-0.15, -0.1) is 5.10 Å². The van der Waals surface area contributed by atoms with Crippen LogP contribution in [0.5, 0.6) is 11.5 Å². The number of benzene rings is 1. The minimum atomic E-state index is -1.05. The van der Waals surface area contributed by atoms with Gasteiger partial charge in [-0.1, -0.05) is 25.6 Å². The SMILES string of the molecule is C=CCOc1ccc(/C=C(\Sc2n[nH]c(CCC)n2)C(=O)O)cc1OCC. The summed E-state index contributed by atoms with van der Waals surface area (Å²) in [5.74, 6) is 0.821. The number of aromatic nitrogens is 3. The molecule has 2 N–H and O–H groups in total. The summed E-state index contributed by atoms with van der Waals surface area (Å²) < 4.78 is 11.2. The molecule has 0 amide bonds. The number of carboxylic acid groups (broad SMARTS) is 1. The van der Waals surface area contributed by atoms with E-state index in [9.17, 15) is 9.90 Å². The minimum absolute atomic E-state index is 0.110. The van der Waals surface area contributed by atoms with Gasteiger partial charge in [-0.05, 0) is 48.9 Å². The highest BCUT2D eigenvalue weighted by atomic mass is 32.2. The molecule has 0 radical (unpaired) electrons. The largest absolute Gasteiger partial charge is 0.490 e. The van der Waals surface area contributed by atoms with E-state index in [4.69, 9.17) is 9.47 Å². The number of carbonyl (C=O) groups is 1. The average Bonchev–Trinajstić information content (AvgIpc) is 3.08. The first kappa shape index (κ1) is 20.6. The molecule has 0 aliphatic rings. The van der Waals surface area contributed by atoms with Crippen molar-refractivity contribution < 1.29 is 19.4 Å². The molecule has 8 heteroatoms. The van der Waals surface area contributed by atoms with Gasteiger partial charge in [0.05, 0.1) is 6.61 Å². The van der Waals surface area contributed by atoms with Gasteiger partial charge >= 0.3 is 5.97 Å². The van der Waals surface area contributed by atoms with Crippen LogP contribution in [0.3, 0.4) is 0 Å². The molecule has 1 heterocycles. The number of nitrogens with one attached hydrogen (secondary N) is 1. The molecule has 27 heavy (non-hydrogen) atoms. The molecule has 0 bridgehead atoms. The van der Waals surface area contributed by atoms with E-state index in [-0.39, 0.29) is 4.91 Å². The number of hydrogen-bond acceptors (Lipinski definition) is 6. The lowest BCUT2D eigenvalue weighted by atomic mass is 10.2. The lowest BCUT2D eigenvalue weighted by molar-refractivity contribution is -0.131. The van der Waals surface area contributed by atoms with Gasteiger partial charge in [0.2, 0.25) is 5.16 Å². The molecule has 144 valence electrons. The first-order valence-electron chi connectivity index (χ1n) is 8.62. The third-order valence-electron chi connectivity index (χ3n) is 3.33. The highest BCUT2D eigenvalue weighted by Crippen LogP contribution is 2.31. The van der Waals surface area contributed by atoms with Crippen molar-refractivity contribution in [3.05, 3.63) is 47.1 Å². The van der Waals surface area contributed by atoms with Crippen LogP contribution in [-0.4, -0.2) is 39.5 Å². The molecule has 0 aliphatic carbocycles. The van der Waals surface area contributed by atoms with Crippen LogP contribution in [0.2, 0.25) is 0 Å². The van der Waals surface area contributed by atoms with Crippen LogP contribution in [0, 0.1) is 0 Å². The summed E-state index contributed by atoms with van der Waals surface area (Å²) in [5.41, 5.74) is 0.679. The Bertz CT molecular complexity index is 817. The monoisotopic (exact) mass is 389 g/mol. The predicted octanol–water partition coefficient (Wildman–Crippen LogP) is 3.94. The van der Waals surface area contributed by atoms with Crippen molar-refractivity contribution in [1.82, 2.24) is 15.2 Å². The van der Waals surface area contributed by atoms with Gasteiger partial charge in [0.15, 0.2) is 11.5 Å². The fraction of sp³-hybridized carbons (Fsp3) is 0.316. The van der Waals surface area contributed by atoms with Crippen molar-refractivity contribution in [3.63, 3.8) is 0 Å². The summed E-state index contributed by atoms with van der Waals surface area (Å²) in [6.45, 7) is 8.36. The summed E-state index contributed by atoms with van der Waals surface area (Å²) in [6, 6.07) is 5.26. The minimum Gasteiger partial charge on any atom is -0.490 e. The number of H-pyrrole nitrogens is 1. The zero-order valence-corrected chi connectivity index (χ0v) is 16.2. The molecule has 0 aliphatic heterocycles. The van der Waals surface area contributed by atoms with E-state index in [2.05, 4.69) is 21.8 Å².